The van der Waals surface area contributed by atoms with Crippen molar-refractivity contribution in [2.24, 2.45) is 0 Å². The lowest BCUT2D eigenvalue weighted by molar-refractivity contribution is 0.202. The lowest BCUT2D eigenvalue weighted by Crippen LogP contribution is -2.43. The van der Waals surface area contributed by atoms with E-state index in [4.69, 9.17) is 4.43 Å². The Morgan fingerprint density at radius 3 is 2.21 bits per heavy atom. The fraction of sp³-hybridized carbons (Fsp3) is 0.818. The fourth-order valence-corrected chi connectivity index (χ4v) is 2.53. The largest absolute Gasteiger partial charge is 0.414 e. The topological polar surface area (TPSA) is 9.23 Å². The maximum atomic E-state index is 6.26. The first-order valence-electron chi connectivity index (χ1n) is 5.53. The average Bonchev–Trinajstić information content (AvgIpc) is 2.01. The van der Waals surface area contributed by atoms with Gasteiger partial charge in [0.2, 0.25) is 0 Å². The first-order chi connectivity index (χ1) is 6.24. The van der Waals surface area contributed by atoms with E-state index < -0.39 is 8.32 Å². The van der Waals surface area contributed by atoms with Gasteiger partial charge in [-0.05, 0) is 24.6 Å². The fourth-order valence-electron chi connectivity index (χ4n) is 1.08. The van der Waals surface area contributed by atoms with Crippen LogP contribution in [0, 0.1) is 0 Å². The molecule has 3 heteroatoms. The second-order valence-corrected chi connectivity index (χ2v) is 10.2. The van der Waals surface area contributed by atoms with Crippen molar-refractivity contribution in [2.45, 2.75) is 57.7 Å². The van der Waals surface area contributed by atoms with Gasteiger partial charge < -0.3 is 4.43 Å². The zero-order valence-corrected chi connectivity index (χ0v) is 11.7. The molecule has 0 heterocycles. The molecule has 1 nitrogen and oxygen atoms in total. The Bertz CT molecular complexity index is 184. The van der Waals surface area contributed by atoms with E-state index in [2.05, 4.69) is 48.3 Å². The van der Waals surface area contributed by atoms with Crippen LogP contribution in [0.3, 0.4) is 0 Å². The predicted molar refractivity (Wildman–Crippen MR) is 70.2 cm³/mol. The first-order valence-corrected chi connectivity index (χ1v) is 8.44. The van der Waals surface area contributed by atoms with Crippen molar-refractivity contribution in [2.75, 3.05) is 0 Å². The highest BCUT2D eigenvalue weighted by atomic mass is 28.4. The van der Waals surface area contributed by atoms with Crippen molar-refractivity contribution < 1.29 is 4.43 Å². The molecule has 0 aliphatic heterocycles. The van der Waals surface area contributed by atoms with Crippen LogP contribution < -0.4 is 0 Å². The highest BCUT2D eigenvalue weighted by molar-refractivity contribution is 6.74. The molecule has 0 aliphatic rings. The Balaban J connectivity index is 4.39. The molecular formula is C11H25BOSi. The second-order valence-electron chi connectivity index (χ2n) is 5.43. The third kappa shape index (κ3) is 4.01. The summed E-state index contributed by atoms with van der Waals surface area (Å²) in [5.74, 6) is 0. The number of hydrogen-bond acceptors (Lipinski definition) is 1. The SMILES string of the molecule is BCC(CC=C)O[Si](C)(C)C(C)(C)C. The number of rotatable bonds is 5. The molecule has 0 aromatic rings. The Hall–Kier alpha value is -0.0182. The monoisotopic (exact) mass is 212 g/mol. The molecule has 0 saturated carbocycles. The first kappa shape index (κ1) is 14.0. The van der Waals surface area contributed by atoms with E-state index in [-0.39, 0.29) is 0 Å². The summed E-state index contributed by atoms with van der Waals surface area (Å²) in [7, 11) is 0.608. The van der Waals surface area contributed by atoms with Gasteiger partial charge in [-0.2, -0.15) is 0 Å². The smallest absolute Gasteiger partial charge is 0.192 e. The van der Waals surface area contributed by atoms with Gasteiger partial charge in [0.1, 0.15) is 7.85 Å². The van der Waals surface area contributed by atoms with Gasteiger partial charge in [-0.1, -0.05) is 33.2 Å². The van der Waals surface area contributed by atoms with Crippen LogP contribution in [0.4, 0.5) is 0 Å². The molecule has 0 N–H and O–H groups in total. The third-order valence-electron chi connectivity index (χ3n) is 3.15. The average molecular weight is 212 g/mol. The minimum Gasteiger partial charge on any atom is -0.414 e. The summed E-state index contributed by atoms with van der Waals surface area (Å²) in [6.07, 6.45) is 4.39. The summed E-state index contributed by atoms with van der Waals surface area (Å²) < 4.78 is 6.26. The van der Waals surface area contributed by atoms with E-state index in [0.717, 1.165) is 12.7 Å². The van der Waals surface area contributed by atoms with E-state index in [1.165, 1.54) is 0 Å². The standard InChI is InChI=1S/C11H25BOSi/c1-7-8-10(9-12)13-14(5,6)11(2,3)4/h7,10H,1,8-9,12H2,2-6H3. The van der Waals surface area contributed by atoms with E-state index in [9.17, 15) is 0 Å². The van der Waals surface area contributed by atoms with E-state index in [0.29, 0.717) is 11.1 Å². The normalized spacial score (nSPS) is 15.2. The molecule has 0 amide bonds. The highest BCUT2D eigenvalue weighted by Crippen LogP contribution is 2.37. The van der Waals surface area contributed by atoms with Gasteiger partial charge in [0, 0.05) is 6.10 Å². The maximum Gasteiger partial charge on any atom is 0.192 e. The van der Waals surface area contributed by atoms with Crippen molar-refractivity contribution in [3.8, 4) is 0 Å². The Morgan fingerprint density at radius 1 is 1.43 bits per heavy atom. The van der Waals surface area contributed by atoms with Crippen LogP contribution in [0.1, 0.15) is 27.2 Å². The molecule has 14 heavy (non-hydrogen) atoms. The van der Waals surface area contributed by atoms with Crippen LogP contribution in [-0.4, -0.2) is 22.3 Å². The Morgan fingerprint density at radius 2 is 1.93 bits per heavy atom. The minimum absolute atomic E-state index is 0.307. The van der Waals surface area contributed by atoms with Crippen LogP contribution in [0.15, 0.2) is 12.7 Å². The second kappa shape index (κ2) is 5.17. The number of hydrogen-bond donors (Lipinski definition) is 0. The summed E-state index contributed by atoms with van der Waals surface area (Å²) >= 11 is 0. The van der Waals surface area contributed by atoms with Gasteiger partial charge in [-0.3, -0.25) is 0 Å². The summed E-state index contributed by atoms with van der Waals surface area (Å²) in [5.41, 5.74) is 0. The van der Waals surface area contributed by atoms with Crippen molar-refractivity contribution in [3.63, 3.8) is 0 Å². The summed E-state index contributed by atoms with van der Waals surface area (Å²) in [6, 6.07) is 0. The zero-order chi connectivity index (χ0) is 11.4. The Kier molecular flexibility index (Phi) is 5.17. The van der Waals surface area contributed by atoms with Crippen molar-refractivity contribution in [3.05, 3.63) is 12.7 Å². The van der Waals surface area contributed by atoms with Gasteiger partial charge >= 0.3 is 0 Å². The summed E-state index contributed by atoms with van der Waals surface area (Å²) in [6.45, 7) is 15.2. The molecule has 0 saturated heterocycles. The maximum absolute atomic E-state index is 6.26. The third-order valence-corrected chi connectivity index (χ3v) is 7.69. The zero-order valence-electron chi connectivity index (χ0n) is 10.7. The predicted octanol–water partition coefficient (Wildman–Crippen LogP) is 3.00. The molecule has 0 aliphatic carbocycles. The van der Waals surface area contributed by atoms with Gasteiger partial charge in [0.05, 0.1) is 0 Å². The molecular weight excluding hydrogens is 187 g/mol. The molecule has 0 radical (unpaired) electrons. The van der Waals surface area contributed by atoms with Crippen molar-refractivity contribution in [1.29, 1.82) is 0 Å². The summed E-state index contributed by atoms with van der Waals surface area (Å²) in [5, 5.41) is 0.307. The van der Waals surface area contributed by atoms with Gasteiger partial charge in [-0.25, -0.2) is 0 Å². The quantitative estimate of drug-likeness (QED) is 0.503. The molecule has 1 atom stereocenters. The van der Waals surface area contributed by atoms with Crippen LogP contribution in [-0.2, 0) is 4.43 Å². The molecule has 0 fully saturated rings. The van der Waals surface area contributed by atoms with Crippen LogP contribution >= 0.6 is 0 Å². The summed E-state index contributed by atoms with van der Waals surface area (Å²) in [4.78, 5) is 0. The van der Waals surface area contributed by atoms with Crippen LogP contribution in [0.5, 0.6) is 0 Å². The van der Waals surface area contributed by atoms with E-state index in [1.54, 1.807) is 0 Å². The van der Waals surface area contributed by atoms with Crippen molar-refractivity contribution in [1.82, 2.24) is 0 Å². The molecule has 0 rings (SSSR count). The molecule has 1 unspecified atom stereocenters. The van der Waals surface area contributed by atoms with Crippen molar-refractivity contribution >= 4 is 16.2 Å². The van der Waals surface area contributed by atoms with Gasteiger partial charge in [0.15, 0.2) is 8.32 Å². The molecule has 0 aromatic heterocycles. The lowest BCUT2D eigenvalue weighted by Gasteiger charge is -2.39. The van der Waals surface area contributed by atoms with Crippen LogP contribution in [0.25, 0.3) is 0 Å². The van der Waals surface area contributed by atoms with Gasteiger partial charge in [0.25, 0.3) is 0 Å². The molecule has 0 bridgehead atoms. The van der Waals surface area contributed by atoms with Crippen LogP contribution in [0.2, 0.25) is 24.5 Å². The minimum atomic E-state index is -1.57. The molecule has 0 aromatic carbocycles. The van der Waals surface area contributed by atoms with E-state index in [1.807, 2.05) is 6.08 Å². The molecule has 82 valence electrons. The van der Waals surface area contributed by atoms with E-state index >= 15 is 0 Å². The van der Waals surface area contributed by atoms with Gasteiger partial charge in [-0.15, -0.1) is 6.58 Å². The molecule has 0 spiro atoms. The lowest BCUT2D eigenvalue weighted by atomic mass is 9.98. The Labute approximate surface area is 91.5 Å². The highest BCUT2D eigenvalue weighted by Gasteiger charge is 2.38.